The second kappa shape index (κ2) is 4.64. The molecular weight excluding hydrogens is 220 g/mol. The molecule has 16 heavy (non-hydrogen) atoms. The monoisotopic (exact) mass is 238 g/mol. The number of benzene rings is 1. The highest BCUT2D eigenvalue weighted by atomic mass is 35.5. The SMILES string of the molecule is Cc1c(Cl)ccc2c1N(C)CC2CCCN. The van der Waals surface area contributed by atoms with Crippen molar-refractivity contribution in [3.8, 4) is 0 Å². The number of rotatable bonds is 3. The molecule has 2 nitrogen and oxygen atoms in total. The Morgan fingerprint density at radius 2 is 2.25 bits per heavy atom. The predicted octanol–water partition coefficient (Wildman–Crippen LogP) is 2.92. The summed E-state index contributed by atoms with van der Waals surface area (Å²) in [6, 6.07) is 4.19. The van der Waals surface area contributed by atoms with Crippen molar-refractivity contribution in [3.63, 3.8) is 0 Å². The third kappa shape index (κ3) is 1.92. The maximum Gasteiger partial charge on any atom is 0.0456 e. The Kier molecular flexibility index (Phi) is 3.41. The summed E-state index contributed by atoms with van der Waals surface area (Å²) in [5, 5.41) is 0.866. The minimum absolute atomic E-state index is 0.625. The molecule has 0 amide bonds. The maximum absolute atomic E-state index is 6.16. The molecule has 2 rings (SSSR count). The molecule has 1 aliphatic rings. The molecule has 1 aromatic carbocycles. The summed E-state index contributed by atoms with van der Waals surface area (Å²) >= 11 is 6.16. The summed E-state index contributed by atoms with van der Waals surface area (Å²) in [4.78, 5) is 2.32. The van der Waals surface area contributed by atoms with E-state index in [9.17, 15) is 0 Å². The molecule has 1 aliphatic heterocycles. The number of fused-ring (bicyclic) bond motifs is 1. The first-order chi connectivity index (χ1) is 7.65. The Balaban J connectivity index is 2.32. The van der Waals surface area contributed by atoms with Crippen LogP contribution in [-0.2, 0) is 0 Å². The zero-order chi connectivity index (χ0) is 11.7. The lowest BCUT2D eigenvalue weighted by Crippen LogP contribution is -2.16. The standard InChI is InChI=1S/C13H19ClN2/c1-9-12(14)6-5-11-10(4-3-7-15)8-16(2)13(9)11/h5-6,10H,3-4,7-8,15H2,1-2H3. The third-order valence-corrected chi connectivity index (χ3v) is 3.88. The molecule has 0 radical (unpaired) electrons. The van der Waals surface area contributed by atoms with Crippen molar-refractivity contribution >= 4 is 17.3 Å². The van der Waals surface area contributed by atoms with Gasteiger partial charge in [-0.15, -0.1) is 0 Å². The summed E-state index contributed by atoms with van der Waals surface area (Å²) in [5.41, 5.74) is 9.56. The number of nitrogens with zero attached hydrogens (tertiary/aromatic N) is 1. The van der Waals surface area contributed by atoms with Gasteiger partial charge in [-0.3, -0.25) is 0 Å². The van der Waals surface area contributed by atoms with Crippen LogP contribution in [0.1, 0.15) is 29.9 Å². The predicted molar refractivity (Wildman–Crippen MR) is 70.5 cm³/mol. The molecule has 1 atom stereocenters. The third-order valence-electron chi connectivity index (χ3n) is 3.47. The van der Waals surface area contributed by atoms with Gasteiger partial charge in [0.05, 0.1) is 0 Å². The van der Waals surface area contributed by atoms with E-state index < -0.39 is 0 Å². The van der Waals surface area contributed by atoms with Gasteiger partial charge in [-0.05, 0) is 43.5 Å². The molecule has 0 saturated heterocycles. The van der Waals surface area contributed by atoms with Crippen molar-refractivity contribution < 1.29 is 0 Å². The van der Waals surface area contributed by atoms with E-state index in [1.807, 2.05) is 6.07 Å². The molecule has 0 spiro atoms. The van der Waals surface area contributed by atoms with Gasteiger partial charge in [-0.2, -0.15) is 0 Å². The Morgan fingerprint density at radius 3 is 2.94 bits per heavy atom. The average Bonchev–Trinajstić information content (AvgIpc) is 2.58. The molecule has 0 aromatic heterocycles. The zero-order valence-electron chi connectivity index (χ0n) is 9.96. The molecule has 88 valence electrons. The van der Waals surface area contributed by atoms with Gasteiger partial charge in [0, 0.05) is 30.2 Å². The van der Waals surface area contributed by atoms with E-state index in [2.05, 4.69) is 24.9 Å². The van der Waals surface area contributed by atoms with E-state index in [1.54, 1.807) is 0 Å². The van der Waals surface area contributed by atoms with E-state index in [0.29, 0.717) is 5.92 Å². The van der Waals surface area contributed by atoms with Crippen LogP contribution in [0.3, 0.4) is 0 Å². The van der Waals surface area contributed by atoms with Crippen LogP contribution in [0.4, 0.5) is 5.69 Å². The minimum Gasteiger partial charge on any atom is -0.373 e. The van der Waals surface area contributed by atoms with Crippen LogP contribution in [0.5, 0.6) is 0 Å². The lowest BCUT2D eigenvalue weighted by Gasteiger charge is -2.15. The van der Waals surface area contributed by atoms with Gasteiger partial charge in [0.25, 0.3) is 0 Å². The van der Waals surface area contributed by atoms with E-state index in [1.165, 1.54) is 23.2 Å². The topological polar surface area (TPSA) is 29.3 Å². The normalized spacial score (nSPS) is 19.0. The molecule has 0 aliphatic carbocycles. The van der Waals surface area contributed by atoms with Gasteiger partial charge in [-0.1, -0.05) is 17.7 Å². The van der Waals surface area contributed by atoms with Crippen LogP contribution < -0.4 is 10.6 Å². The molecule has 0 saturated carbocycles. The average molecular weight is 239 g/mol. The fourth-order valence-corrected chi connectivity index (χ4v) is 2.82. The maximum atomic E-state index is 6.16. The van der Waals surface area contributed by atoms with Crippen molar-refractivity contribution in [2.45, 2.75) is 25.7 Å². The second-order valence-corrected chi connectivity index (χ2v) is 5.03. The van der Waals surface area contributed by atoms with E-state index in [0.717, 1.165) is 24.5 Å². The Hall–Kier alpha value is -0.730. The number of likely N-dealkylation sites (N-methyl/N-ethyl adjacent to an activating group) is 1. The Labute approximate surface area is 102 Å². The van der Waals surface area contributed by atoms with Gasteiger partial charge in [-0.25, -0.2) is 0 Å². The van der Waals surface area contributed by atoms with E-state index in [4.69, 9.17) is 17.3 Å². The lowest BCUT2D eigenvalue weighted by atomic mass is 9.95. The van der Waals surface area contributed by atoms with E-state index >= 15 is 0 Å². The fraction of sp³-hybridized carbons (Fsp3) is 0.538. The highest BCUT2D eigenvalue weighted by Gasteiger charge is 2.27. The van der Waals surface area contributed by atoms with Gasteiger partial charge in [0.2, 0.25) is 0 Å². The number of anilines is 1. The van der Waals surface area contributed by atoms with Gasteiger partial charge in [0.15, 0.2) is 0 Å². The number of halogens is 1. The molecule has 2 N–H and O–H groups in total. The van der Waals surface area contributed by atoms with Crippen LogP contribution in [0, 0.1) is 6.92 Å². The van der Waals surface area contributed by atoms with Crippen LogP contribution >= 0.6 is 11.6 Å². The van der Waals surface area contributed by atoms with Crippen molar-refractivity contribution in [2.75, 3.05) is 25.0 Å². The molecular formula is C13H19ClN2. The van der Waals surface area contributed by atoms with Crippen LogP contribution in [-0.4, -0.2) is 20.1 Å². The van der Waals surface area contributed by atoms with Crippen LogP contribution in [0.25, 0.3) is 0 Å². The summed E-state index contributed by atoms with van der Waals surface area (Å²) < 4.78 is 0. The quantitative estimate of drug-likeness (QED) is 0.878. The molecule has 1 aromatic rings. The Bertz CT molecular complexity index is 390. The molecule has 0 fully saturated rings. The molecule has 0 bridgehead atoms. The van der Waals surface area contributed by atoms with Crippen molar-refractivity contribution in [1.82, 2.24) is 0 Å². The van der Waals surface area contributed by atoms with Gasteiger partial charge in [0.1, 0.15) is 0 Å². The second-order valence-electron chi connectivity index (χ2n) is 4.62. The van der Waals surface area contributed by atoms with Crippen molar-refractivity contribution in [2.24, 2.45) is 5.73 Å². The summed E-state index contributed by atoms with van der Waals surface area (Å²) in [5.74, 6) is 0.625. The van der Waals surface area contributed by atoms with Gasteiger partial charge >= 0.3 is 0 Å². The molecule has 1 heterocycles. The van der Waals surface area contributed by atoms with Crippen LogP contribution in [0.15, 0.2) is 12.1 Å². The number of hydrogen-bond acceptors (Lipinski definition) is 2. The molecule has 1 unspecified atom stereocenters. The first kappa shape index (κ1) is 11.7. The van der Waals surface area contributed by atoms with Crippen molar-refractivity contribution in [1.29, 1.82) is 0 Å². The Morgan fingerprint density at radius 1 is 1.50 bits per heavy atom. The first-order valence-corrected chi connectivity index (χ1v) is 6.23. The molecule has 3 heteroatoms. The first-order valence-electron chi connectivity index (χ1n) is 5.85. The highest BCUT2D eigenvalue weighted by molar-refractivity contribution is 6.31. The smallest absolute Gasteiger partial charge is 0.0456 e. The van der Waals surface area contributed by atoms with Gasteiger partial charge < -0.3 is 10.6 Å². The summed E-state index contributed by atoms with van der Waals surface area (Å²) in [7, 11) is 2.14. The lowest BCUT2D eigenvalue weighted by molar-refractivity contribution is 0.621. The number of nitrogens with two attached hydrogens (primary N) is 1. The van der Waals surface area contributed by atoms with Crippen LogP contribution in [0.2, 0.25) is 5.02 Å². The minimum atomic E-state index is 0.625. The zero-order valence-corrected chi connectivity index (χ0v) is 10.7. The van der Waals surface area contributed by atoms with E-state index in [-0.39, 0.29) is 0 Å². The van der Waals surface area contributed by atoms with Crippen molar-refractivity contribution in [3.05, 3.63) is 28.3 Å². The largest absolute Gasteiger partial charge is 0.373 e. The fourth-order valence-electron chi connectivity index (χ4n) is 2.66. The summed E-state index contributed by atoms with van der Waals surface area (Å²) in [6.45, 7) is 3.97. The summed E-state index contributed by atoms with van der Waals surface area (Å²) in [6.07, 6.45) is 2.27. The highest BCUT2D eigenvalue weighted by Crippen LogP contribution is 2.42. The number of hydrogen-bond donors (Lipinski definition) is 1.